The van der Waals surface area contributed by atoms with E-state index in [0.717, 1.165) is 23.2 Å². The van der Waals surface area contributed by atoms with E-state index >= 15 is 0 Å². The van der Waals surface area contributed by atoms with Gasteiger partial charge in [0, 0.05) is 36.5 Å². The van der Waals surface area contributed by atoms with Crippen LogP contribution < -0.4 is 10.6 Å². The molecule has 7 heteroatoms. The number of guanidine groups is 1. The Labute approximate surface area is 145 Å². The van der Waals surface area contributed by atoms with E-state index in [4.69, 9.17) is 0 Å². The quantitative estimate of drug-likeness (QED) is 0.640. The molecule has 0 aliphatic heterocycles. The molecule has 0 bridgehead atoms. The predicted molar refractivity (Wildman–Crippen MR) is 94.6 cm³/mol. The molecule has 130 valence electrons. The number of aliphatic imine (C=N–C) groups is 1. The van der Waals surface area contributed by atoms with Crippen LogP contribution in [0.25, 0.3) is 0 Å². The van der Waals surface area contributed by atoms with Crippen LogP contribution in [-0.2, 0) is 6.42 Å². The first-order valence-electron chi connectivity index (χ1n) is 7.75. The maximum absolute atomic E-state index is 13.8. The Morgan fingerprint density at radius 3 is 2.67 bits per heavy atom. The van der Waals surface area contributed by atoms with Gasteiger partial charge in [-0.1, -0.05) is 6.07 Å². The molecule has 1 heterocycles. The second kappa shape index (κ2) is 8.19. The molecule has 0 spiro atoms. The summed E-state index contributed by atoms with van der Waals surface area (Å²) in [5.41, 5.74) is 1.46. The molecule has 0 saturated carbocycles. The first kappa shape index (κ1) is 18.3. The average Bonchev–Trinajstić information content (AvgIpc) is 2.83. The van der Waals surface area contributed by atoms with Crippen molar-refractivity contribution >= 4 is 17.3 Å². The normalized spacial score (nSPS) is 13.0. The van der Waals surface area contributed by atoms with Gasteiger partial charge in [0.1, 0.15) is 11.6 Å². The lowest BCUT2D eigenvalue weighted by molar-refractivity contribution is 0.551. The number of nitrogens with one attached hydrogen (secondary N) is 2. The van der Waals surface area contributed by atoms with E-state index in [-0.39, 0.29) is 6.04 Å². The van der Waals surface area contributed by atoms with Gasteiger partial charge < -0.3 is 10.6 Å². The van der Waals surface area contributed by atoms with Gasteiger partial charge in [-0.05, 0) is 26.8 Å². The number of aromatic nitrogens is 1. The van der Waals surface area contributed by atoms with Crippen LogP contribution >= 0.6 is 11.3 Å². The Bertz CT molecular complexity index is 727. The van der Waals surface area contributed by atoms with Crippen LogP contribution in [0, 0.1) is 25.5 Å². The number of rotatable bonds is 5. The number of thiazole rings is 1. The number of hydrogen-bond donors (Lipinski definition) is 2. The van der Waals surface area contributed by atoms with Crippen molar-refractivity contribution in [1.29, 1.82) is 0 Å². The molecule has 4 nitrogen and oxygen atoms in total. The summed E-state index contributed by atoms with van der Waals surface area (Å²) in [6.07, 6.45) is 0.845. The highest BCUT2D eigenvalue weighted by atomic mass is 32.1. The van der Waals surface area contributed by atoms with E-state index in [9.17, 15) is 8.78 Å². The van der Waals surface area contributed by atoms with Crippen molar-refractivity contribution in [2.45, 2.75) is 33.2 Å². The fourth-order valence-electron chi connectivity index (χ4n) is 2.43. The van der Waals surface area contributed by atoms with Crippen molar-refractivity contribution in [2.75, 3.05) is 13.6 Å². The summed E-state index contributed by atoms with van der Waals surface area (Å²) in [4.78, 5) is 9.80. The number of aryl methyl sites for hydroxylation is 2. The lowest BCUT2D eigenvalue weighted by Crippen LogP contribution is -2.39. The molecule has 0 radical (unpaired) electrons. The van der Waals surface area contributed by atoms with Crippen molar-refractivity contribution in [3.05, 3.63) is 51.0 Å². The molecule has 1 unspecified atom stereocenters. The molecule has 0 amide bonds. The van der Waals surface area contributed by atoms with Crippen molar-refractivity contribution in [2.24, 2.45) is 4.99 Å². The molecule has 0 fully saturated rings. The van der Waals surface area contributed by atoms with Gasteiger partial charge >= 0.3 is 0 Å². The van der Waals surface area contributed by atoms with Crippen LogP contribution in [0.15, 0.2) is 23.2 Å². The van der Waals surface area contributed by atoms with E-state index in [1.807, 2.05) is 13.8 Å². The van der Waals surface area contributed by atoms with Gasteiger partial charge in [-0.2, -0.15) is 0 Å². The first-order chi connectivity index (χ1) is 11.4. The Morgan fingerprint density at radius 1 is 1.33 bits per heavy atom. The lowest BCUT2D eigenvalue weighted by atomic mass is 10.1. The molecule has 24 heavy (non-hydrogen) atoms. The Hall–Kier alpha value is -2.02. The monoisotopic (exact) mass is 352 g/mol. The highest BCUT2D eigenvalue weighted by molar-refractivity contribution is 7.11. The second-order valence-electron chi connectivity index (χ2n) is 5.52. The highest BCUT2D eigenvalue weighted by Gasteiger charge is 2.13. The van der Waals surface area contributed by atoms with Crippen LogP contribution in [0.3, 0.4) is 0 Å². The van der Waals surface area contributed by atoms with Gasteiger partial charge in [-0.3, -0.25) is 4.99 Å². The Morgan fingerprint density at radius 2 is 2.08 bits per heavy atom. The Kier molecular flexibility index (Phi) is 6.25. The van der Waals surface area contributed by atoms with Gasteiger partial charge in [0.15, 0.2) is 5.96 Å². The number of hydrogen-bond acceptors (Lipinski definition) is 3. The van der Waals surface area contributed by atoms with Gasteiger partial charge in [-0.25, -0.2) is 13.8 Å². The summed E-state index contributed by atoms with van der Waals surface area (Å²) in [5, 5.41) is 7.38. The molecule has 2 N–H and O–H groups in total. The molecule has 1 aromatic heterocycles. The zero-order valence-corrected chi connectivity index (χ0v) is 15.1. The zero-order chi connectivity index (χ0) is 17.7. The standard InChI is InChI=1S/C17H22F2N4S/c1-10(14-6-5-13(18)9-15(14)19)23-17(20-4)21-8-7-16-11(2)22-12(3)24-16/h5-6,9-10H,7-8H2,1-4H3,(H2,20,21,23). The molecule has 1 atom stereocenters. The number of halogens is 2. The van der Waals surface area contributed by atoms with Crippen LogP contribution in [0.2, 0.25) is 0 Å². The smallest absolute Gasteiger partial charge is 0.191 e. The predicted octanol–water partition coefficient (Wildman–Crippen LogP) is 3.51. The first-order valence-corrected chi connectivity index (χ1v) is 8.57. The van der Waals surface area contributed by atoms with Gasteiger partial charge in [0.2, 0.25) is 0 Å². The maximum atomic E-state index is 13.8. The minimum Gasteiger partial charge on any atom is -0.356 e. The maximum Gasteiger partial charge on any atom is 0.191 e. The van der Waals surface area contributed by atoms with Crippen LogP contribution in [0.4, 0.5) is 8.78 Å². The summed E-state index contributed by atoms with van der Waals surface area (Å²) >= 11 is 1.69. The largest absolute Gasteiger partial charge is 0.356 e. The molecule has 0 saturated heterocycles. The van der Waals surface area contributed by atoms with Gasteiger partial charge in [-0.15, -0.1) is 11.3 Å². The molecule has 2 aromatic rings. The highest BCUT2D eigenvalue weighted by Crippen LogP contribution is 2.18. The molecule has 1 aromatic carbocycles. The molecular weight excluding hydrogens is 330 g/mol. The van der Waals surface area contributed by atoms with Crippen LogP contribution in [-0.4, -0.2) is 24.5 Å². The van der Waals surface area contributed by atoms with E-state index < -0.39 is 11.6 Å². The lowest BCUT2D eigenvalue weighted by Gasteiger charge is -2.18. The number of nitrogens with zero attached hydrogens (tertiary/aromatic N) is 2. The van der Waals surface area contributed by atoms with Crippen LogP contribution in [0.1, 0.15) is 34.1 Å². The minimum absolute atomic E-state index is 0.329. The van der Waals surface area contributed by atoms with Crippen molar-refractivity contribution < 1.29 is 8.78 Å². The van der Waals surface area contributed by atoms with Crippen molar-refractivity contribution in [3.8, 4) is 0 Å². The summed E-state index contributed by atoms with van der Waals surface area (Å²) in [7, 11) is 1.66. The van der Waals surface area contributed by atoms with Gasteiger partial charge in [0.05, 0.1) is 16.7 Å². The third kappa shape index (κ3) is 4.74. The Balaban J connectivity index is 1.91. The molecule has 0 aliphatic carbocycles. The summed E-state index contributed by atoms with van der Waals surface area (Å²) in [6.45, 7) is 6.50. The van der Waals surface area contributed by atoms with E-state index in [0.29, 0.717) is 18.1 Å². The van der Waals surface area contributed by atoms with Crippen molar-refractivity contribution in [3.63, 3.8) is 0 Å². The van der Waals surface area contributed by atoms with E-state index in [1.54, 1.807) is 25.3 Å². The summed E-state index contributed by atoms with van der Waals surface area (Å²) in [6, 6.07) is 3.25. The molecule has 2 rings (SSSR count). The second-order valence-corrected chi connectivity index (χ2v) is 6.81. The summed E-state index contributed by atoms with van der Waals surface area (Å²) in [5.74, 6) is -0.576. The van der Waals surface area contributed by atoms with Crippen LogP contribution in [0.5, 0.6) is 0 Å². The molecule has 0 aliphatic rings. The molecular formula is C17H22F2N4S. The fraction of sp³-hybridized carbons (Fsp3) is 0.412. The average molecular weight is 352 g/mol. The fourth-order valence-corrected chi connectivity index (χ4v) is 3.37. The topological polar surface area (TPSA) is 49.3 Å². The summed E-state index contributed by atoms with van der Waals surface area (Å²) < 4.78 is 26.8. The zero-order valence-electron chi connectivity index (χ0n) is 14.3. The van der Waals surface area contributed by atoms with Gasteiger partial charge in [0.25, 0.3) is 0 Å². The van der Waals surface area contributed by atoms with E-state index in [2.05, 4.69) is 20.6 Å². The number of benzene rings is 1. The van der Waals surface area contributed by atoms with Crippen molar-refractivity contribution in [1.82, 2.24) is 15.6 Å². The third-order valence-electron chi connectivity index (χ3n) is 3.65. The third-order valence-corrected chi connectivity index (χ3v) is 4.78. The minimum atomic E-state index is -0.582. The van der Waals surface area contributed by atoms with E-state index in [1.165, 1.54) is 17.0 Å². The SMILES string of the molecule is CN=C(NCCc1sc(C)nc1C)NC(C)c1ccc(F)cc1F.